The average molecular weight is 332 g/mol. The molecule has 0 heterocycles. The van der Waals surface area contributed by atoms with Crippen LogP contribution in [0.25, 0.3) is 0 Å². The second-order valence-corrected chi connectivity index (χ2v) is 4.84. The quantitative estimate of drug-likeness (QED) is 0.245. The van der Waals surface area contributed by atoms with E-state index in [1.54, 1.807) is 0 Å². The highest BCUT2D eigenvalue weighted by atomic mass is 16.4. The van der Waals surface area contributed by atoms with Gasteiger partial charge in [-0.25, -0.2) is 0 Å². The van der Waals surface area contributed by atoms with E-state index in [0.717, 1.165) is 0 Å². The summed E-state index contributed by atoms with van der Waals surface area (Å²) in [6.07, 6.45) is -1.08. The van der Waals surface area contributed by atoms with Gasteiger partial charge in [-0.2, -0.15) is 0 Å². The highest BCUT2D eigenvalue weighted by Gasteiger charge is 2.27. The standard InChI is InChI=1S/C12H20N4O7/c1-5(12(22)23)15-11(21)7(4-8(14)17)16-10(20)6(13)2-3-9(18)19/h5-7H,2-4,13H2,1H3,(H2,14,17)(H,15,21)(H,16,20)(H,18,19)(H,22,23)/t5-,6-,7-/m0/s1. The third-order valence-electron chi connectivity index (χ3n) is 2.77. The van der Waals surface area contributed by atoms with Gasteiger partial charge in [0, 0.05) is 6.42 Å². The number of carbonyl (C=O) groups excluding carboxylic acids is 3. The van der Waals surface area contributed by atoms with Gasteiger partial charge in [0.1, 0.15) is 12.1 Å². The molecule has 130 valence electrons. The summed E-state index contributed by atoms with van der Waals surface area (Å²) in [6, 6.07) is -3.85. The summed E-state index contributed by atoms with van der Waals surface area (Å²) in [7, 11) is 0. The number of carboxylic acids is 2. The molecule has 0 aliphatic carbocycles. The fourth-order valence-electron chi connectivity index (χ4n) is 1.48. The van der Waals surface area contributed by atoms with Crippen molar-refractivity contribution in [1.82, 2.24) is 10.6 Å². The number of rotatable bonds is 10. The molecule has 0 saturated heterocycles. The monoisotopic (exact) mass is 332 g/mol. The van der Waals surface area contributed by atoms with E-state index in [9.17, 15) is 24.0 Å². The van der Waals surface area contributed by atoms with Crippen molar-refractivity contribution in [2.75, 3.05) is 0 Å². The molecule has 0 radical (unpaired) electrons. The maximum Gasteiger partial charge on any atom is 0.325 e. The first kappa shape index (κ1) is 20.3. The smallest absolute Gasteiger partial charge is 0.325 e. The number of hydrogen-bond donors (Lipinski definition) is 6. The number of nitrogens with one attached hydrogen (secondary N) is 2. The van der Waals surface area contributed by atoms with Crippen molar-refractivity contribution in [2.45, 2.75) is 44.3 Å². The Kier molecular flexibility index (Phi) is 8.26. The second-order valence-electron chi connectivity index (χ2n) is 4.84. The fraction of sp³-hybridized carbons (Fsp3) is 0.583. The third kappa shape index (κ3) is 8.36. The Hall–Kier alpha value is -2.69. The van der Waals surface area contributed by atoms with E-state index in [0.29, 0.717) is 0 Å². The first-order chi connectivity index (χ1) is 10.5. The van der Waals surface area contributed by atoms with Crippen molar-refractivity contribution in [3.63, 3.8) is 0 Å². The van der Waals surface area contributed by atoms with Gasteiger partial charge in [-0.1, -0.05) is 0 Å². The first-order valence-corrected chi connectivity index (χ1v) is 6.63. The van der Waals surface area contributed by atoms with Gasteiger partial charge in [-0.15, -0.1) is 0 Å². The molecule has 0 aromatic carbocycles. The van der Waals surface area contributed by atoms with Crippen LogP contribution in [0.15, 0.2) is 0 Å². The molecule has 3 atom stereocenters. The van der Waals surface area contributed by atoms with Crippen molar-refractivity contribution in [3.8, 4) is 0 Å². The molecular weight excluding hydrogens is 312 g/mol. The summed E-state index contributed by atoms with van der Waals surface area (Å²) in [4.78, 5) is 55.8. The summed E-state index contributed by atoms with van der Waals surface area (Å²) in [5, 5.41) is 21.5. The molecule has 23 heavy (non-hydrogen) atoms. The van der Waals surface area contributed by atoms with Crippen LogP contribution in [0.5, 0.6) is 0 Å². The zero-order valence-electron chi connectivity index (χ0n) is 12.4. The SMILES string of the molecule is C[C@H](NC(=O)[C@H](CC(N)=O)NC(=O)[C@@H](N)CCC(=O)O)C(=O)O. The second kappa shape index (κ2) is 9.35. The normalized spacial score (nSPS) is 14.2. The Bertz CT molecular complexity index is 494. The summed E-state index contributed by atoms with van der Waals surface area (Å²) in [6.45, 7) is 1.20. The maximum absolute atomic E-state index is 11.9. The van der Waals surface area contributed by atoms with E-state index in [1.165, 1.54) is 6.92 Å². The molecule has 0 aliphatic rings. The molecule has 0 bridgehead atoms. The number of carbonyl (C=O) groups is 5. The van der Waals surface area contributed by atoms with Crippen LogP contribution in [0.4, 0.5) is 0 Å². The van der Waals surface area contributed by atoms with Crippen LogP contribution in [-0.4, -0.2) is 58.0 Å². The van der Waals surface area contributed by atoms with Gasteiger partial charge in [-0.05, 0) is 13.3 Å². The number of aliphatic carboxylic acids is 2. The molecule has 0 spiro atoms. The van der Waals surface area contributed by atoms with E-state index in [-0.39, 0.29) is 12.8 Å². The molecule has 11 heteroatoms. The van der Waals surface area contributed by atoms with Crippen molar-refractivity contribution in [3.05, 3.63) is 0 Å². The van der Waals surface area contributed by atoms with Gasteiger partial charge in [0.25, 0.3) is 0 Å². The highest BCUT2D eigenvalue weighted by Crippen LogP contribution is 1.99. The third-order valence-corrected chi connectivity index (χ3v) is 2.77. The number of amides is 3. The number of carboxylic acid groups (broad SMARTS) is 2. The number of nitrogens with two attached hydrogens (primary N) is 2. The molecule has 11 nitrogen and oxygen atoms in total. The minimum Gasteiger partial charge on any atom is -0.481 e. The van der Waals surface area contributed by atoms with Gasteiger partial charge < -0.3 is 32.3 Å². The zero-order chi connectivity index (χ0) is 18.2. The van der Waals surface area contributed by atoms with Crippen LogP contribution < -0.4 is 22.1 Å². The largest absolute Gasteiger partial charge is 0.481 e. The predicted octanol–water partition coefficient (Wildman–Crippen LogP) is -2.87. The van der Waals surface area contributed by atoms with E-state index in [2.05, 4.69) is 10.6 Å². The van der Waals surface area contributed by atoms with Gasteiger partial charge >= 0.3 is 11.9 Å². The number of primary amides is 1. The summed E-state index contributed by atoms with van der Waals surface area (Å²) in [5.41, 5.74) is 10.5. The van der Waals surface area contributed by atoms with Crippen LogP contribution in [-0.2, 0) is 24.0 Å². The van der Waals surface area contributed by atoms with Crippen LogP contribution in [0.2, 0.25) is 0 Å². The predicted molar refractivity (Wildman–Crippen MR) is 75.8 cm³/mol. The van der Waals surface area contributed by atoms with Crippen molar-refractivity contribution >= 4 is 29.7 Å². The number of hydrogen-bond acceptors (Lipinski definition) is 6. The van der Waals surface area contributed by atoms with E-state index in [1.807, 2.05) is 0 Å². The molecule has 0 rings (SSSR count). The summed E-state index contributed by atoms with van der Waals surface area (Å²) in [5.74, 6) is -5.11. The van der Waals surface area contributed by atoms with Crippen molar-refractivity contribution in [1.29, 1.82) is 0 Å². The molecule has 3 amide bonds. The summed E-state index contributed by atoms with van der Waals surface area (Å²) >= 11 is 0. The van der Waals surface area contributed by atoms with E-state index >= 15 is 0 Å². The molecule has 0 fully saturated rings. The van der Waals surface area contributed by atoms with E-state index in [4.69, 9.17) is 21.7 Å². The fourth-order valence-corrected chi connectivity index (χ4v) is 1.48. The lowest BCUT2D eigenvalue weighted by Gasteiger charge is -2.20. The van der Waals surface area contributed by atoms with Crippen LogP contribution in [0.3, 0.4) is 0 Å². The Labute approximate surface area is 131 Å². The Morgan fingerprint density at radius 1 is 1.04 bits per heavy atom. The molecule has 0 aromatic heterocycles. The molecule has 0 unspecified atom stereocenters. The Morgan fingerprint density at radius 2 is 1.61 bits per heavy atom. The lowest BCUT2D eigenvalue weighted by molar-refractivity contribution is -0.141. The lowest BCUT2D eigenvalue weighted by Crippen LogP contribution is -2.55. The minimum absolute atomic E-state index is 0.169. The summed E-state index contributed by atoms with van der Waals surface area (Å²) < 4.78 is 0. The van der Waals surface area contributed by atoms with Gasteiger partial charge in [0.15, 0.2) is 0 Å². The first-order valence-electron chi connectivity index (χ1n) is 6.63. The Morgan fingerprint density at radius 3 is 2.04 bits per heavy atom. The van der Waals surface area contributed by atoms with E-state index < -0.39 is 54.2 Å². The minimum atomic E-state index is -1.40. The topological polar surface area (TPSA) is 202 Å². The molecule has 0 aromatic rings. The highest BCUT2D eigenvalue weighted by molar-refractivity contribution is 5.94. The zero-order valence-corrected chi connectivity index (χ0v) is 12.4. The molecule has 8 N–H and O–H groups in total. The van der Waals surface area contributed by atoms with Crippen molar-refractivity contribution in [2.24, 2.45) is 11.5 Å². The van der Waals surface area contributed by atoms with Gasteiger partial charge in [0.05, 0.1) is 12.5 Å². The molecule has 0 aliphatic heterocycles. The van der Waals surface area contributed by atoms with Crippen LogP contribution in [0.1, 0.15) is 26.2 Å². The van der Waals surface area contributed by atoms with Crippen LogP contribution >= 0.6 is 0 Å². The van der Waals surface area contributed by atoms with Crippen molar-refractivity contribution < 1.29 is 34.2 Å². The average Bonchev–Trinajstić information content (AvgIpc) is 2.42. The van der Waals surface area contributed by atoms with Gasteiger partial charge in [-0.3, -0.25) is 24.0 Å². The molecule has 0 saturated carbocycles. The Balaban J connectivity index is 4.80. The molecular formula is C12H20N4O7. The van der Waals surface area contributed by atoms with Gasteiger partial charge in [0.2, 0.25) is 17.7 Å². The van der Waals surface area contributed by atoms with Crippen LogP contribution in [0, 0.1) is 0 Å². The lowest BCUT2D eigenvalue weighted by atomic mass is 10.1. The maximum atomic E-state index is 11.9.